The average molecular weight is 289 g/mol. The molecule has 106 valence electrons. The minimum Gasteiger partial charge on any atom is -0.351 e. The highest BCUT2D eigenvalue weighted by molar-refractivity contribution is 7.09. The highest BCUT2D eigenvalue weighted by Crippen LogP contribution is 2.15. The Morgan fingerprint density at radius 3 is 2.80 bits per heavy atom. The van der Waals surface area contributed by atoms with E-state index in [1.54, 1.807) is 5.38 Å². The van der Waals surface area contributed by atoms with Crippen molar-refractivity contribution in [3.63, 3.8) is 0 Å². The van der Waals surface area contributed by atoms with Crippen LogP contribution in [0.2, 0.25) is 0 Å². The lowest BCUT2D eigenvalue weighted by Crippen LogP contribution is -2.25. The van der Waals surface area contributed by atoms with E-state index in [0.717, 1.165) is 17.8 Å². The number of hydrogen-bond acceptors (Lipinski definition) is 4. The van der Waals surface area contributed by atoms with Crippen LogP contribution in [0.4, 0.5) is 0 Å². The van der Waals surface area contributed by atoms with Gasteiger partial charge in [0.1, 0.15) is 10.7 Å². The number of thiazole rings is 1. The third kappa shape index (κ3) is 4.15. The molecule has 1 aromatic carbocycles. The lowest BCUT2D eigenvalue weighted by Gasteiger charge is -2.03. The van der Waals surface area contributed by atoms with Crippen LogP contribution in [0.1, 0.15) is 40.4 Å². The minimum atomic E-state index is -0.125. The summed E-state index contributed by atoms with van der Waals surface area (Å²) in [6.45, 7) is 2.51. The SMILES string of the molecule is CC(N)c1nc(C(=O)NCCCc2ccccc2)cs1. The molecule has 0 aliphatic rings. The molecule has 0 saturated carbocycles. The molecular weight excluding hydrogens is 270 g/mol. The lowest BCUT2D eigenvalue weighted by molar-refractivity contribution is 0.0948. The Morgan fingerprint density at radius 2 is 2.15 bits per heavy atom. The zero-order valence-electron chi connectivity index (χ0n) is 11.5. The minimum absolute atomic E-state index is 0.124. The summed E-state index contributed by atoms with van der Waals surface area (Å²) in [6, 6.07) is 10.1. The number of nitrogens with zero attached hydrogens (tertiary/aromatic N) is 1. The molecule has 1 aromatic heterocycles. The van der Waals surface area contributed by atoms with Crippen molar-refractivity contribution < 1.29 is 4.79 Å². The molecule has 1 unspecified atom stereocenters. The zero-order valence-corrected chi connectivity index (χ0v) is 12.3. The smallest absolute Gasteiger partial charge is 0.270 e. The van der Waals surface area contributed by atoms with Gasteiger partial charge >= 0.3 is 0 Å². The Morgan fingerprint density at radius 1 is 1.40 bits per heavy atom. The second-order valence-corrected chi connectivity index (χ2v) is 5.59. The predicted octanol–water partition coefficient (Wildman–Crippen LogP) is 2.53. The summed E-state index contributed by atoms with van der Waals surface area (Å²) in [5, 5.41) is 5.43. The molecule has 4 nitrogen and oxygen atoms in total. The predicted molar refractivity (Wildman–Crippen MR) is 81.8 cm³/mol. The number of amides is 1. The van der Waals surface area contributed by atoms with E-state index >= 15 is 0 Å². The second-order valence-electron chi connectivity index (χ2n) is 4.70. The van der Waals surface area contributed by atoms with Crippen molar-refractivity contribution in [2.24, 2.45) is 5.73 Å². The summed E-state index contributed by atoms with van der Waals surface area (Å²) in [5.41, 5.74) is 7.48. The van der Waals surface area contributed by atoms with E-state index in [4.69, 9.17) is 5.73 Å². The van der Waals surface area contributed by atoms with E-state index < -0.39 is 0 Å². The van der Waals surface area contributed by atoms with Crippen LogP contribution in [0.3, 0.4) is 0 Å². The van der Waals surface area contributed by atoms with Crippen LogP contribution in [0.5, 0.6) is 0 Å². The van der Waals surface area contributed by atoms with Crippen molar-refractivity contribution in [1.82, 2.24) is 10.3 Å². The molecule has 0 radical (unpaired) electrons. The lowest BCUT2D eigenvalue weighted by atomic mass is 10.1. The van der Waals surface area contributed by atoms with E-state index in [-0.39, 0.29) is 11.9 Å². The van der Waals surface area contributed by atoms with Gasteiger partial charge in [-0.15, -0.1) is 11.3 Å². The quantitative estimate of drug-likeness (QED) is 0.803. The van der Waals surface area contributed by atoms with Gasteiger partial charge in [-0.1, -0.05) is 30.3 Å². The number of benzene rings is 1. The van der Waals surface area contributed by atoms with Crippen molar-refractivity contribution in [3.05, 3.63) is 52.0 Å². The van der Waals surface area contributed by atoms with Crippen LogP contribution in [0, 0.1) is 0 Å². The number of carbonyl (C=O) groups excluding carboxylic acids is 1. The van der Waals surface area contributed by atoms with E-state index in [1.165, 1.54) is 16.9 Å². The summed E-state index contributed by atoms with van der Waals surface area (Å²) >= 11 is 1.43. The average Bonchev–Trinajstić information content (AvgIpc) is 2.94. The largest absolute Gasteiger partial charge is 0.351 e. The maximum absolute atomic E-state index is 11.9. The number of hydrogen-bond donors (Lipinski definition) is 2. The fourth-order valence-electron chi connectivity index (χ4n) is 1.83. The molecule has 1 atom stereocenters. The molecule has 1 amide bonds. The maximum Gasteiger partial charge on any atom is 0.270 e. The van der Waals surface area contributed by atoms with Crippen LogP contribution in [0.25, 0.3) is 0 Å². The van der Waals surface area contributed by atoms with Crippen LogP contribution in [0.15, 0.2) is 35.7 Å². The number of nitrogens with one attached hydrogen (secondary N) is 1. The van der Waals surface area contributed by atoms with Gasteiger partial charge in [0.25, 0.3) is 5.91 Å². The monoisotopic (exact) mass is 289 g/mol. The van der Waals surface area contributed by atoms with Gasteiger partial charge in [0.15, 0.2) is 0 Å². The van der Waals surface area contributed by atoms with Crippen LogP contribution < -0.4 is 11.1 Å². The Labute approximate surface area is 123 Å². The van der Waals surface area contributed by atoms with Crippen molar-refractivity contribution in [3.8, 4) is 0 Å². The van der Waals surface area contributed by atoms with Gasteiger partial charge in [-0.25, -0.2) is 4.98 Å². The molecule has 20 heavy (non-hydrogen) atoms. The van der Waals surface area contributed by atoms with Crippen molar-refractivity contribution in [2.45, 2.75) is 25.8 Å². The molecule has 0 aliphatic carbocycles. The summed E-state index contributed by atoms with van der Waals surface area (Å²) < 4.78 is 0. The highest BCUT2D eigenvalue weighted by Gasteiger charge is 2.11. The van der Waals surface area contributed by atoms with E-state index in [0.29, 0.717) is 12.2 Å². The highest BCUT2D eigenvalue weighted by atomic mass is 32.1. The molecule has 0 spiro atoms. The number of nitrogens with two attached hydrogens (primary N) is 1. The third-order valence-electron chi connectivity index (χ3n) is 2.91. The first-order chi connectivity index (χ1) is 9.66. The Bertz CT molecular complexity index is 551. The molecule has 0 bridgehead atoms. The van der Waals surface area contributed by atoms with E-state index in [1.807, 2.05) is 25.1 Å². The fraction of sp³-hybridized carbons (Fsp3) is 0.333. The number of aromatic nitrogens is 1. The van der Waals surface area contributed by atoms with Gasteiger partial charge in [-0.05, 0) is 25.3 Å². The molecule has 1 heterocycles. The topological polar surface area (TPSA) is 68.0 Å². The van der Waals surface area contributed by atoms with Crippen LogP contribution >= 0.6 is 11.3 Å². The first-order valence-electron chi connectivity index (χ1n) is 6.70. The van der Waals surface area contributed by atoms with E-state index in [9.17, 15) is 4.79 Å². The third-order valence-corrected chi connectivity index (χ3v) is 3.96. The summed E-state index contributed by atoms with van der Waals surface area (Å²) in [6.07, 6.45) is 1.88. The fourth-order valence-corrected chi connectivity index (χ4v) is 2.59. The number of aryl methyl sites for hydroxylation is 1. The molecule has 0 saturated heterocycles. The molecule has 0 aliphatic heterocycles. The van der Waals surface area contributed by atoms with Crippen molar-refractivity contribution in [2.75, 3.05) is 6.54 Å². The first-order valence-corrected chi connectivity index (χ1v) is 7.58. The standard InChI is InChI=1S/C15H19N3OS/c1-11(16)15-18-13(10-20-15)14(19)17-9-5-8-12-6-3-2-4-7-12/h2-4,6-7,10-11H,5,8-9,16H2,1H3,(H,17,19). The van der Waals surface area contributed by atoms with Gasteiger partial charge < -0.3 is 11.1 Å². The molecule has 3 N–H and O–H groups in total. The summed E-state index contributed by atoms with van der Waals surface area (Å²) in [4.78, 5) is 16.1. The zero-order chi connectivity index (χ0) is 14.4. The van der Waals surface area contributed by atoms with Crippen LogP contribution in [-0.2, 0) is 6.42 Å². The molecule has 0 fully saturated rings. The number of carbonyl (C=O) groups is 1. The van der Waals surface area contributed by atoms with Gasteiger partial charge in [-0.3, -0.25) is 4.79 Å². The first kappa shape index (κ1) is 14.7. The molecule has 5 heteroatoms. The Kier molecular flexibility index (Phi) is 5.26. The summed E-state index contributed by atoms with van der Waals surface area (Å²) in [7, 11) is 0. The van der Waals surface area contributed by atoms with Crippen molar-refractivity contribution >= 4 is 17.2 Å². The van der Waals surface area contributed by atoms with Gasteiger partial charge in [0, 0.05) is 11.9 Å². The molecular formula is C15H19N3OS. The van der Waals surface area contributed by atoms with Crippen LogP contribution in [-0.4, -0.2) is 17.4 Å². The Balaban J connectivity index is 1.75. The number of rotatable bonds is 6. The maximum atomic E-state index is 11.9. The second kappa shape index (κ2) is 7.17. The summed E-state index contributed by atoms with van der Waals surface area (Å²) in [5.74, 6) is -0.124. The molecule has 2 rings (SSSR count). The van der Waals surface area contributed by atoms with Crippen molar-refractivity contribution in [1.29, 1.82) is 0 Å². The molecule has 2 aromatic rings. The van der Waals surface area contributed by atoms with Gasteiger partial charge in [-0.2, -0.15) is 0 Å². The normalized spacial score (nSPS) is 12.1. The van der Waals surface area contributed by atoms with E-state index in [2.05, 4.69) is 22.4 Å². The van der Waals surface area contributed by atoms with Gasteiger partial charge in [0.05, 0.1) is 6.04 Å². The Hall–Kier alpha value is -1.72. The van der Waals surface area contributed by atoms with Gasteiger partial charge in [0.2, 0.25) is 0 Å².